The van der Waals surface area contributed by atoms with Gasteiger partial charge in [-0.15, -0.1) is 0 Å². The van der Waals surface area contributed by atoms with Crippen molar-refractivity contribution in [3.05, 3.63) is 58.6 Å². The molecule has 2 aromatic carbocycles. The van der Waals surface area contributed by atoms with Gasteiger partial charge in [0.05, 0.1) is 6.21 Å². The lowest BCUT2D eigenvalue weighted by atomic mass is 9.87. The summed E-state index contributed by atoms with van der Waals surface area (Å²) in [7, 11) is 0. The van der Waals surface area contributed by atoms with E-state index in [1.807, 2.05) is 36.4 Å². The molecular formula is C20H21ClN2O3. The summed E-state index contributed by atoms with van der Waals surface area (Å²) in [6, 6.07) is 13.0. The van der Waals surface area contributed by atoms with Crippen LogP contribution in [0.4, 0.5) is 0 Å². The van der Waals surface area contributed by atoms with Crippen molar-refractivity contribution in [3.63, 3.8) is 0 Å². The van der Waals surface area contributed by atoms with E-state index in [0.717, 1.165) is 11.1 Å². The number of hydrogen-bond donors (Lipinski definition) is 1. The van der Waals surface area contributed by atoms with Crippen molar-refractivity contribution >= 4 is 23.7 Å². The van der Waals surface area contributed by atoms with Gasteiger partial charge in [-0.05, 0) is 29.2 Å². The Bertz CT molecular complexity index is 843. The lowest BCUT2D eigenvalue weighted by molar-refractivity contribution is -0.130. The molecule has 5 nitrogen and oxygen atoms in total. The van der Waals surface area contributed by atoms with Gasteiger partial charge in [-0.2, -0.15) is 5.10 Å². The van der Waals surface area contributed by atoms with Gasteiger partial charge >= 0.3 is 0 Å². The fourth-order valence-corrected chi connectivity index (χ4v) is 2.67. The number of ether oxygens (including phenoxy) is 2. The van der Waals surface area contributed by atoms with Crippen LogP contribution in [0.1, 0.15) is 31.9 Å². The van der Waals surface area contributed by atoms with Gasteiger partial charge in [0.15, 0.2) is 11.5 Å². The Kier molecular flexibility index (Phi) is 5.18. The summed E-state index contributed by atoms with van der Waals surface area (Å²) in [5.74, 6) is 0.834. The highest BCUT2D eigenvalue weighted by molar-refractivity contribution is 6.33. The van der Waals surface area contributed by atoms with Crippen molar-refractivity contribution in [2.24, 2.45) is 5.10 Å². The van der Waals surface area contributed by atoms with Crippen LogP contribution < -0.4 is 14.9 Å². The fourth-order valence-electron chi connectivity index (χ4n) is 2.49. The second kappa shape index (κ2) is 7.38. The zero-order valence-electron chi connectivity index (χ0n) is 15.0. The highest BCUT2D eigenvalue weighted by Gasteiger charge is 2.28. The Hall–Kier alpha value is -2.53. The average molecular weight is 373 g/mol. The monoisotopic (exact) mass is 372 g/mol. The second-order valence-corrected chi connectivity index (χ2v) is 7.49. The Morgan fingerprint density at radius 1 is 1.23 bits per heavy atom. The number of benzene rings is 2. The number of fused-ring (bicyclic) bond motifs is 1. The lowest BCUT2D eigenvalue weighted by Crippen LogP contribution is -2.42. The van der Waals surface area contributed by atoms with E-state index >= 15 is 0 Å². The molecule has 0 aromatic heterocycles. The highest BCUT2D eigenvalue weighted by Crippen LogP contribution is 2.36. The van der Waals surface area contributed by atoms with Crippen LogP contribution in [0, 0.1) is 0 Å². The lowest BCUT2D eigenvalue weighted by Gasteiger charge is -2.27. The first-order valence-electron chi connectivity index (χ1n) is 8.36. The molecule has 26 heavy (non-hydrogen) atoms. The zero-order chi connectivity index (χ0) is 18.7. The first-order valence-corrected chi connectivity index (χ1v) is 8.74. The summed E-state index contributed by atoms with van der Waals surface area (Å²) in [5.41, 5.74) is 4.28. The van der Waals surface area contributed by atoms with Gasteiger partial charge in [-0.25, -0.2) is 5.43 Å². The van der Waals surface area contributed by atoms with Crippen LogP contribution >= 0.6 is 11.6 Å². The van der Waals surface area contributed by atoms with Gasteiger partial charge in [0.2, 0.25) is 6.10 Å². The molecule has 136 valence electrons. The van der Waals surface area contributed by atoms with Gasteiger partial charge < -0.3 is 9.47 Å². The normalized spacial score (nSPS) is 16.5. The number of amides is 1. The van der Waals surface area contributed by atoms with E-state index in [4.69, 9.17) is 21.1 Å². The first kappa shape index (κ1) is 18.3. The predicted octanol–water partition coefficient (Wildman–Crippen LogP) is 3.93. The van der Waals surface area contributed by atoms with Crippen LogP contribution in [0.25, 0.3) is 0 Å². The Morgan fingerprint density at radius 2 is 2.00 bits per heavy atom. The molecule has 0 bridgehead atoms. The van der Waals surface area contributed by atoms with E-state index < -0.39 is 6.10 Å². The summed E-state index contributed by atoms with van der Waals surface area (Å²) in [6.07, 6.45) is 0.733. The third-order valence-corrected chi connectivity index (χ3v) is 4.39. The van der Waals surface area contributed by atoms with Gasteiger partial charge in [0, 0.05) is 10.6 Å². The largest absolute Gasteiger partial charge is 0.485 e. The van der Waals surface area contributed by atoms with Crippen molar-refractivity contribution in [1.82, 2.24) is 5.43 Å². The highest BCUT2D eigenvalue weighted by atomic mass is 35.5. The maximum atomic E-state index is 12.3. The summed E-state index contributed by atoms with van der Waals surface area (Å²) in [6.45, 7) is 6.49. The summed E-state index contributed by atoms with van der Waals surface area (Å²) >= 11 is 6.05. The minimum Gasteiger partial charge on any atom is -0.485 e. The standard InChI is InChI=1S/C20H21ClN2O3/c1-20(2,3)14-8-9-16-17(10-14)26-18(12-25-16)19(24)23-22-11-13-6-4-5-7-15(13)21/h4-11,18H,12H2,1-3H3,(H,23,24)/b22-11-. The van der Waals surface area contributed by atoms with E-state index in [0.29, 0.717) is 16.5 Å². The SMILES string of the molecule is CC(C)(C)c1ccc2c(c1)OC(C(=O)N/N=C\c1ccccc1Cl)CO2. The second-order valence-electron chi connectivity index (χ2n) is 7.08. The van der Waals surface area contributed by atoms with Crippen LogP contribution in [0.15, 0.2) is 47.6 Å². The van der Waals surface area contributed by atoms with E-state index in [2.05, 4.69) is 31.3 Å². The quantitative estimate of drug-likeness (QED) is 0.656. The topological polar surface area (TPSA) is 59.9 Å². The third kappa shape index (κ3) is 4.17. The molecule has 0 aliphatic carbocycles. The van der Waals surface area contributed by atoms with Crippen molar-refractivity contribution in [2.45, 2.75) is 32.3 Å². The molecule has 1 N–H and O–H groups in total. The van der Waals surface area contributed by atoms with E-state index in [1.54, 1.807) is 6.07 Å². The average Bonchev–Trinajstić information content (AvgIpc) is 2.61. The van der Waals surface area contributed by atoms with Gasteiger partial charge in [0.1, 0.15) is 6.61 Å². The smallest absolute Gasteiger partial charge is 0.284 e. The number of nitrogens with zero attached hydrogens (tertiary/aromatic N) is 1. The maximum Gasteiger partial charge on any atom is 0.284 e. The summed E-state index contributed by atoms with van der Waals surface area (Å²) < 4.78 is 11.5. The molecule has 1 amide bonds. The molecule has 0 saturated heterocycles. The van der Waals surface area contributed by atoms with Crippen LogP contribution in [0.3, 0.4) is 0 Å². The van der Waals surface area contributed by atoms with Crippen molar-refractivity contribution in [1.29, 1.82) is 0 Å². The molecule has 0 radical (unpaired) electrons. The molecule has 0 saturated carbocycles. The van der Waals surface area contributed by atoms with Gasteiger partial charge in [0.25, 0.3) is 5.91 Å². The minimum atomic E-state index is -0.763. The van der Waals surface area contributed by atoms with E-state index in [9.17, 15) is 4.79 Å². The number of halogens is 1. The number of nitrogens with one attached hydrogen (secondary N) is 1. The van der Waals surface area contributed by atoms with Gasteiger partial charge in [-0.1, -0.05) is 56.6 Å². The Balaban J connectivity index is 1.66. The summed E-state index contributed by atoms with van der Waals surface area (Å²) in [4.78, 5) is 12.3. The molecule has 1 aliphatic rings. The molecule has 2 aromatic rings. The van der Waals surface area contributed by atoms with E-state index in [1.165, 1.54) is 6.21 Å². The number of rotatable bonds is 3. The molecule has 6 heteroatoms. The van der Waals surface area contributed by atoms with Crippen molar-refractivity contribution < 1.29 is 14.3 Å². The van der Waals surface area contributed by atoms with E-state index in [-0.39, 0.29) is 17.9 Å². The molecule has 1 aliphatic heterocycles. The first-order chi connectivity index (χ1) is 12.3. The molecular weight excluding hydrogens is 352 g/mol. The number of hydrazone groups is 1. The molecule has 3 rings (SSSR count). The number of hydrogen-bond acceptors (Lipinski definition) is 4. The Labute approximate surface area is 158 Å². The maximum absolute atomic E-state index is 12.3. The number of carbonyl (C=O) groups excluding carboxylic acids is 1. The van der Waals surface area contributed by atoms with Crippen LogP contribution in [0.5, 0.6) is 11.5 Å². The van der Waals surface area contributed by atoms with Gasteiger partial charge in [-0.3, -0.25) is 4.79 Å². The summed E-state index contributed by atoms with van der Waals surface area (Å²) in [5, 5.41) is 4.51. The molecule has 0 spiro atoms. The van der Waals surface area contributed by atoms with Crippen LogP contribution in [-0.4, -0.2) is 24.8 Å². The van der Waals surface area contributed by atoms with Crippen LogP contribution in [-0.2, 0) is 10.2 Å². The third-order valence-electron chi connectivity index (χ3n) is 4.05. The Morgan fingerprint density at radius 3 is 2.73 bits per heavy atom. The molecule has 0 fully saturated rings. The minimum absolute atomic E-state index is 0.0210. The van der Waals surface area contributed by atoms with Crippen molar-refractivity contribution in [3.8, 4) is 11.5 Å². The number of carbonyl (C=O) groups is 1. The molecule has 1 atom stereocenters. The van der Waals surface area contributed by atoms with Crippen molar-refractivity contribution in [2.75, 3.05) is 6.61 Å². The predicted molar refractivity (Wildman–Crippen MR) is 102 cm³/mol. The molecule has 1 unspecified atom stereocenters. The fraction of sp³-hybridized carbons (Fsp3) is 0.300. The zero-order valence-corrected chi connectivity index (χ0v) is 15.7. The van der Waals surface area contributed by atoms with Crippen LogP contribution in [0.2, 0.25) is 5.02 Å². The molecule has 1 heterocycles.